The third kappa shape index (κ3) is 1.95. The minimum atomic E-state index is 0.601. The molecular weight excluding hydrogens is 268 g/mol. The van der Waals surface area contributed by atoms with Gasteiger partial charge in [0.25, 0.3) is 0 Å². The lowest BCUT2D eigenvalue weighted by Gasteiger charge is -2.18. The fraction of sp³-hybridized carbons (Fsp3) is 0.438. The van der Waals surface area contributed by atoms with E-state index in [1.807, 2.05) is 13.1 Å². The number of rotatable bonds is 4. The predicted molar refractivity (Wildman–Crippen MR) is 83.0 cm³/mol. The molecule has 3 rings (SSSR count). The smallest absolute Gasteiger partial charge is 0.204 e. The predicted octanol–water partition coefficient (Wildman–Crippen LogP) is 2.79. The highest BCUT2D eigenvalue weighted by atomic mass is 16.5. The van der Waals surface area contributed by atoms with E-state index in [0.717, 1.165) is 35.9 Å². The van der Waals surface area contributed by atoms with E-state index in [-0.39, 0.29) is 0 Å². The summed E-state index contributed by atoms with van der Waals surface area (Å²) in [5, 5.41) is 4.27. The van der Waals surface area contributed by atoms with Crippen molar-refractivity contribution in [3.63, 3.8) is 0 Å². The van der Waals surface area contributed by atoms with Gasteiger partial charge in [-0.15, -0.1) is 0 Å². The maximum absolute atomic E-state index is 5.61. The SMILES string of the molecule is CNc1c2c(nc3cc(OC)c(OC)c(OC)c13)CCC2. The summed E-state index contributed by atoms with van der Waals surface area (Å²) in [5.74, 6) is 1.90. The van der Waals surface area contributed by atoms with Crippen molar-refractivity contribution in [2.24, 2.45) is 0 Å². The Morgan fingerprint density at radius 3 is 2.43 bits per heavy atom. The molecule has 5 heteroatoms. The summed E-state index contributed by atoms with van der Waals surface area (Å²) in [5.41, 5.74) is 4.41. The van der Waals surface area contributed by atoms with Crippen LogP contribution in [0.3, 0.4) is 0 Å². The number of aromatic nitrogens is 1. The Kier molecular flexibility index (Phi) is 3.49. The third-order valence-corrected chi connectivity index (χ3v) is 4.06. The molecule has 0 spiro atoms. The average Bonchev–Trinajstić information content (AvgIpc) is 2.98. The Labute approximate surface area is 124 Å². The van der Waals surface area contributed by atoms with Crippen molar-refractivity contribution in [2.45, 2.75) is 19.3 Å². The second-order valence-corrected chi connectivity index (χ2v) is 5.06. The largest absolute Gasteiger partial charge is 0.493 e. The topological polar surface area (TPSA) is 52.6 Å². The number of aryl methyl sites for hydroxylation is 1. The molecule has 0 saturated heterocycles. The highest BCUT2D eigenvalue weighted by Gasteiger charge is 2.25. The molecule has 21 heavy (non-hydrogen) atoms. The lowest BCUT2D eigenvalue weighted by molar-refractivity contribution is 0.327. The van der Waals surface area contributed by atoms with Crippen LogP contribution in [0.2, 0.25) is 0 Å². The highest BCUT2D eigenvalue weighted by Crippen LogP contribution is 2.47. The molecule has 5 nitrogen and oxygen atoms in total. The van der Waals surface area contributed by atoms with E-state index in [1.165, 1.54) is 11.3 Å². The standard InChI is InChI=1S/C16H20N2O3/c1-17-14-9-6-5-7-10(9)18-11-8-12(19-2)15(20-3)16(21-4)13(11)14/h8H,5-7H2,1-4H3,(H,17,18). The number of hydrogen-bond donors (Lipinski definition) is 1. The number of anilines is 1. The normalized spacial score (nSPS) is 13.1. The third-order valence-electron chi connectivity index (χ3n) is 4.06. The summed E-state index contributed by atoms with van der Waals surface area (Å²) in [4.78, 5) is 4.80. The first kappa shape index (κ1) is 13.8. The number of nitrogens with zero attached hydrogens (tertiary/aromatic N) is 1. The first-order valence-corrected chi connectivity index (χ1v) is 7.07. The van der Waals surface area contributed by atoms with E-state index in [9.17, 15) is 0 Å². The van der Waals surface area contributed by atoms with Crippen molar-refractivity contribution >= 4 is 16.6 Å². The molecule has 112 valence electrons. The van der Waals surface area contributed by atoms with Gasteiger partial charge in [0.05, 0.1) is 37.9 Å². The summed E-state index contributed by atoms with van der Waals surface area (Å²) in [6.07, 6.45) is 3.21. The van der Waals surface area contributed by atoms with Crippen LogP contribution in [0.1, 0.15) is 17.7 Å². The van der Waals surface area contributed by atoms with Crippen LogP contribution in [0.25, 0.3) is 10.9 Å². The minimum absolute atomic E-state index is 0.601. The molecule has 0 aliphatic heterocycles. The second kappa shape index (κ2) is 5.31. The molecule has 0 bridgehead atoms. The van der Waals surface area contributed by atoms with Crippen LogP contribution in [0.4, 0.5) is 5.69 Å². The van der Waals surface area contributed by atoms with E-state index >= 15 is 0 Å². The summed E-state index contributed by atoms with van der Waals surface area (Å²) in [7, 11) is 6.81. The van der Waals surface area contributed by atoms with Crippen LogP contribution >= 0.6 is 0 Å². The van der Waals surface area contributed by atoms with Crippen LogP contribution in [-0.4, -0.2) is 33.4 Å². The van der Waals surface area contributed by atoms with Crippen LogP contribution in [0.15, 0.2) is 6.07 Å². The fourth-order valence-corrected chi connectivity index (χ4v) is 3.17. The van der Waals surface area contributed by atoms with Gasteiger partial charge in [0.1, 0.15) is 0 Å². The molecule has 1 heterocycles. The Morgan fingerprint density at radius 2 is 1.81 bits per heavy atom. The molecule has 0 unspecified atom stereocenters. The second-order valence-electron chi connectivity index (χ2n) is 5.06. The lowest BCUT2D eigenvalue weighted by atomic mass is 10.0. The molecule has 1 aliphatic rings. The molecule has 1 aromatic heterocycles. The Morgan fingerprint density at radius 1 is 1.05 bits per heavy atom. The van der Waals surface area contributed by atoms with Gasteiger partial charge < -0.3 is 19.5 Å². The number of methoxy groups -OCH3 is 3. The van der Waals surface area contributed by atoms with E-state index in [2.05, 4.69) is 5.32 Å². The maximum atomic E-state index is 5.61. The molecule has 1 N–H and O–H groups in total. The monoisotopic (exact) mass is 288 g/mol. The minimum Gasteiger partial charge on any atom is -0.493 e. The first-order valence-electron chi connectivity index (χ1n) is 7.07. The molecule has 0 atom stereocenters. The number of fused-ring (bicyclic) bond motifs is 2. The van der Waals surface area contributed by atoms with Crippen LogP contribution in [-0.2, 0) is 12.8 Å². The zero-order chi connectivity index (χ0) is 15.0. The van der Waals surface area contributed by atoms with Crippen LogP contribution in [0.5, 0.6) is 17.2 Å². The van der Waals surface area contributed by atoms with Crippen molar-refractivity contribution in [2.75, 3.05) is 33.7 Å². The van der Waals surface area contributed by atoms with Gasteiger partial charge in [-0.1, -0.05) is 0 Å². The van der Waals surface area contributed by atoms with Gasteiger partial charge >= 0.3 is 0 Å². The van der Waals surface area contributed by atoms with Crippen molar-refractivity contribution in [3.05, 3.63) is 17.3 Å². The summed E-state index contributed by atoms with van der Waals surface area (Å²) < 4.78 is 16.5. The zero-order valence-electron chi connectivity index (χ0n) is 12.9. The lowest BCUT2D eigenvalue weighted by Crippen LogP contribution is -2.03. The molecule has 0 saturated carbocycles. The van der Waals surface area contributed by atoms with Crippen molar-refractivity contribution < 1.29 is 14.2 Å². The molecule has 0 fully saturated rings. The number of ether oxygens (including phenoxy) is 3. The van der Waals surface area contributed by atoms with E-state index < -0.39 is 0 Å². The summed E-state index contributed by atoms with van der Waals surface area (Å²) >= 11 is 0. The average molecular weight is 288 g/mol. The Balaban J connectivity index is 2.44. The molecule has 0 radical (unpaired) electrons. The number of benzene rings is 1. The van der Waals surface area contributed by atoms with Gasteiger partial charge in [-0.05, 0) is 24.8 Å². The van der Waals surface area contributed by atoms with Gasteiger partial charge in [-0.3, -0.25) is 4.98 Å². The number of pyridine rings is 1. The van der Waals surface area contributed by atoms with Crippen LogP contribution in [0, 0.1) is 0 Å². The Hall–Kier alpha value is -2.17. The van der Waals surface area contributed by atoms with Crippen molar-refractivity contribution in [1.82, 2.24) is 4.98 Å². The Bertz CT molecular complexity index is 698. The fourth-order valence-electron chi connectivity index (χ4n) is 3.17. The molecule has 0 amide bonds. The first-order chi connectivity index (χ1) is 10.2. The van der Waals surface area contributed by atoms with Gasteiger partial charge in [0, 0.05) is 18.8 Å². The highest BCUT2D eigenvalue weighted by molar-refractivity contribution is 6.01. The maximum Gasteiger partial charge on any atom is 0.204 e. The van der Waals surface area contributed by atoms with E-state index in [1.54, 1.807) is 21.3 Å². The van der Waals surface area contributed by atoms with E-state index in [0.29, 0.717) is 17.2 Å². The van der Waals surface area contributed by atoms with Crippen molar-refractivity contribution in [1.29, 1.82) is 0 Å². The molecular formula is C16H20N2O3. The van der Waals surface area contributed by atoms with Gasteiger partial charge in [0.2, 0.25) is 5.75 Å². The number of nitrogens with one attached hydrogen (secondary N) is 1. The van der Waals surface area contributed by atoms with Gasteiger partial charge in [-0.25, -0.2) is 0 Å². The summed E-state index contributed by atoms with van der Waals surface area (Å²) in [6, 6.07) is 1.91. The molecule has 1 aromatic carbocycles. The molecule has 1 aliphatic carbocycles. The molecule has 2 aromatic rings. The van der Waals surface area contributed by atoms with Crippen LogP contribution < -0.4 is 19.5 Å². The number of hydrogen-bond acceptors (Lipinski definition) is 5. The zero-order valence-corrected chi connectivity index (χ0v) is 12.9. The quantitative estimate of drug-likeness (QED) is 0.937. The summed E-state index contributed by atoms with van der Waals surface area (Å²) in [6.45, 7) is 0. The van der Waals surface area contributed by atoms with Crippen molar-refractivity contribution in [3.8, 4) is 17.2 Å². The van der Waals surface area contributed by atoms with E-state index in [4.69, 9.17) is 19.2 Å². The van der Waals surface area contributed by atoms with Gasteiger partial charge in [0.15, 0.2) is 11.5 Å². The van der Waals surface area contributed by atoms with Gasteiger partial charge in [-0.2, -0.15) is 0 Å².